The van der Waals surface area contributed by atoms with E-state index in [1.54, 1.807) is 31.7 Å². The normalized spacial score (nSPS) is 17.2. The van der Waals surface area contributed by atoms with E-state index in [1.165, 1.54) is 0 Å². The molecule has 0 saturated carbocycles. The Balaban J connectivity index is 1.74. The highest BCUT2D eigenvalue weighted by molar-refractivity contribution is 5.97. The van der Waals surface area contributed by atoms with Gasteiger partial charge in [-0.15, -0.1) is 0 Å². The highest BCUT2D eigenvalue weighted by atomic mass is 19.4. The van der Waals surface area contributed by atoms with Gasteiger partial charge in [0, 0.05) is 24.2 Å². The second kappa shape index (κ2) is 7.66. The van der Waals surface area contributed by atoms with Gasteiger partial charge in [0.1, 0.15) is 11.9 Å². The molecular formula is C19H23F3N4O3. The van der Waals surface area contributed by atoms with Crippen molar-refractivity contribution in [2.75, 3.05) is 23.4 Å². The van der Waals surface area contributed by atoms with Gasteiger partial charge in [-0.1, -0.05) is 25.9 Å². The first-order valence-electron chi connectivity index (χ1n) is 9.28. The van der Waals surface area contributed by atoms with E-state index in [9.17, 15) is 23.1 Å². The number of aryl methyl sites for hydroxylation is 1. The lowest BCUT2D eigenvalue weighted by atomic mass is 9.91. The number of anilines is 2. The van der Waals surface area contributed by atoms with Gasteiger partial charge in [0.25, 0.3) is 0 Å². The molecule has 1 atom stereocenters. The van der Waals surface area contributed by atoms with Gasteiger partial charge in [-0.3, -0.25) is 10.1 Å². The number of aromatic nitrogens is 2. The van der Waals surface area contributed by atoms with E-state index in [4.69, 9.17) is 4.52 Å². The SMILES string of the molecule is CCc1cc(C(F)(F)F)cnc1N1CCC1C(=O)Nc1cc(C(C)(C)CO)no1. The molecule has 2 aromatic rings. The van der Waals surface area contributed by atoms with Crippen LogP contribution >= 0.6 is 0 Å². The second-order valence-corrected chi connectivity index (χ2v) is 7.66. The molecule has 1 unspecified atom stereocenters. The van der Waals surface area contributed by atoms with Crippen molar-refractivity contribution in [3.05, 3.63) is 35.2 Å². The largest absolute Gasteiger partial charge is 0.417 e. The summed E-state index contributed by atoms with van der Waals surface area (Å²) < 4.78 is 44.0. The van der Waals surface area contributed by atoms with E-state index in [0.29, 0.717) is 36.5 Å². The molecule has 2 aromatic heterocycles. The van der Waals surface area contributed by atoms with Gasteiger partial charge in [0.15, 0.2) is 0 Å². The van der Waals surface area contributed by atoms with Crippen LogP contribution in [0.25, 0.3) is 0 Å². The second-order valence-electron chi connectivity index (χ2n) is 7.66. The third-order valence-corrected chi connectivity index (χ3v) is 5.09. The van der Waals surface area contributed by atoms with Gasteiger partial charge in [-0.2, -0.15) is 13.2 Å². The third-order valence-electron chi connectivity index (χ3n) is 5.09. The minimum absolute atomic E-state index is 0.136. The Kier molecular flexibility index (Phi) is 5.57. The summed E-state index contributed by atoms with van der Waals surface area (Å²) in [6.45, 7) is 5.69. The van der Waals surface area contributed by atoms with Crippen LogP contribution < -0.4 is 10.2 Å². The van der Waals surface area contributed by atoms with E-state index in [0.717, 1.165) is 12.3 Å². The van der Waals surface area contributed by atoms with Gasteiger partial charge in [-0.05, 0) is 24.5 Å². The Labute approximate surface area is 165 Å². The molecule has 0 spiro atoms. The van der Waals surface area contributed by atoms with Crippen molar-refractivity contribution in [2.24, 2.45) is 0 Å². The molecule has 0 radical (unpaired) electrons. The van der Waals surface area contributed by atoms with Gasteiger partial charge < -0.3 is 14.5 Å². The number of nitrogens with one attached hydrogen (secondary N) is 1. The summed E-state index contributed by atoms with van der Waals surface area (Å²) in [6.07, 6.45) is -2.77. The molecule has 1 saturated heterocycles. The summed E-state index contributed by atoms with van der Waals surface area (Å²) in [5.74, 6) is 0.172. The topological polar surface area (TPSA) is 91.5 Å². The molecule has 1 aliphatic rings. The zero-order chi connectivity index (χ0) is 21.4. The maximum absolute atomic E-state index is 12.9. The van der Waals surface area contributed by atoms with E-state index >= 15 is 0 Å². The van der Waals surface area contributed by atoms with Crippen LogP contribution in [0.1, 0.15) is 44.0 Å². The molecule has 3 rings (SSSR count). The Hall–Kier alpha value is -2.62. The fourth-order valence-electron chi connectivity index (χ4n) is 3.03. The summed E-state index contributed by atoms with van der Waals surface area (Å²) in [4.78, 5) is 18.3. The van der Waals surface area contributed by atoms with Crippen molar-refractivity contribution >= 4 is 17.6 Å². The lowest BCUT2D eigenvalue weighted by Gasteiger charge is -2.41. The molecule has 0 aromatic carbocycles. The molecule has 2 N–H and O–H groups in total. The molecule has 1 aliphatic heterocycles. The average Bonchev–Trinajstić information content (AvgIpc) is 3.09. The molecule has 29 heavy (non-hydrogen) atoms. The highest BCUT2D eigenvalue weighted by Gasteiger charge is 2.38. The summed E-state index contributed by atoms with van der Waals surface area (Å²) in [7, 11) is 0. The highest BCUT2D eigenvalue weighted by Crippen LogP contribution is 2.34. The number of aliphatic hydroxyl groups excluding tert-OH is 1. The third kappa shape index (κ3) is 4.21. The van der Waals surface area contributed by atoms with Crippen molar-refractivity contribution < 1.29 is 27.6 Å². The number of nitrogens with zero attached hydrogens (tertiary/aromatic N) is 3. The molecule has 0 bridgehead atoms. The first kappa shape index (κ1) is 21.1. The lowest BCUT2D eigenvalue weighted by Crippen LogP contribution is -2.55. The monoisotopic (exact) mass is 412 g/mol. The molecule has 10 heteroatoms. The number of hydrogen-bond acceptors (Lipinski definition) is 6. The smallest absolute Gasteiger partial charge is 0.395 e. The Bertz CT molecular complexity index is 895. The van der Waals surface area contributed by atoms with Crippen LogP contribution in [0.15, 0.2) is 22.9 Å². The summed E-state index contributed by atoms with van der Waals surface area (Å²) in [5.41, 5.74) is -0.488. The number of halogens is 3. The van der Waals surface area contributed by atoms with Crippen LogP contribution in [0, 0.1) is 0 Å². The van der Waals surface area contributed by atoms with Crippen molar-refractivity contribution in [2.45, 2.75) is 51.2 Å². The van der Waals surface area contributed by atoms with Gasteiger partial charge >= 0.3 is 6.18 Å². The van der Waals surface area contributed by atoms with Crippen molar-refractivity contribution in [3.63, 3.8) is 0 Å². The zero-order valence-corrected chi connectivity index (χ0v) is 16.4. The number of pyridine rings is 1. The Morgan fingerprint density at radius 3 is 2.66 bits per heavy atom. The average molecular weight is 412 g/mol. The number of alkyl halides is 3. The molecule has 1 amide bonds. The number of amides is 1. The maximum atomic E-state index is 12.9. The first-order chi connectivity index (χ1) is 13.6. The number of hydrogen-bond donors (Lipinski definition) is 2. The lowest BCUT2D eigenvalue weighted by molar-refractivity contribution is -0.137. The summed E-state index contributed by atoms with van der Waals surface area (Å²) in [6, 6.07) is 2.06. The van der Waals surface area contributed by atoms with E-state index < -0.39 is 23.2 Å². The summed E-state index contributed by atoms with van der Waals surface area (Å²) >= 11 is 0. The first-order valence-corrected chi connectivity index (χ1v) is 9.28. The molecule has 1 fully saturated rings. The predicted molar refractivity (Wildman–Crippen MR) is 99.6 cm³/mol. The minimum atomic E-state index is -4.46. The summed E-state index contributed by atoms with van der Waals surface area (Å²) in [5, 5.41) is 15.9. The Morgan fingerprint density at radius 1 is 1.38 bits per heavy atom. The van der Waals surface area contributed by atoms with E-state index in [-0.39, 0.29) is 18.4 Å². The van der Waals surface area contributed by atoms with Crippen molar-refractivity contribution in [1.82, 2.24) is 10.1 Å². The van der Waals surface area contributed by atoms with Crippen LogP contribution in [0.5, 0.6) is 0 Å². The Morgan fingerprint density at radius 2 is 2.10 bits per heavy atom. The molecular weight excluding hydrogens is 389 g/mol. The van der Waals surface area contributed by atoms with E-state index in [2.05, 4.69) is 15.5 Å². The van der Waals surface area contributed by atoms with Crippen molar-refractivity contribution in [1.29, 1.82) is 0 Å². The fourth-order valence-corrected chi connectivity index (χ4v) is 3.03. The molecule has 0 aliphatic carbocycles. The number of aliphatic hydroxyl groups is 1. The zero-order valence-electron chi connectivity index (χ0n) is 16.4. The quantitative estimate of drug-likeness (QED) is 0.758. The van der Waals surface area contributed by atoms with Crippen LogP contribution in [-0.4, -0.2) is 40.3 Å². The molecule has 3 heterocycles. The van der Waals surface area contributed by atoms with Crippen LogP contribution in [0.3, 0.4) is 0 Å². The predicted octanol–water partition coefficient (Wildman–Crippen LogP) is 3.14. The standard InChI is InChI=1S/C19H23F3N4O3/c1-4-11-7-12(19(20,21)22)9-23-16(11)26-6-5-13(26)17(28)24-15-8-14(25-29-15)18(2,3)10-27/h7-9,13,27H,4-6,10H2,1-3H3,(H,24,28). The minimum Gasteiger partial charge on any atom is -0.395 e. The number of rotatable bonds is 6. The number of carbonyl (C=O) groups is 1. The van der Waals surface area contributed by atoms with Crippen LogP contribution in [-0.2, 0) is 22.8 Å². The van der Waals surface area contributed by atoms with Gasteiger partial charge in [0.05, 0.1) is 17.9 Å². The van der Waals surface area contributed by atoms with Crippen LogP contribution in [0.2, 0.25) is 0 Å². The van der Waals surface area contributed by atoms with E-state index in [1.807, 2.05) is 0 Å². The van der Waals surface area contributed by atoms with Gasteiger partial charge in [0.2, 0.25) is 11.8 Å². The maximum Gasteiger partial charge on any atom is 0.417 e. The molecule has 158 valence electrons. The molecule has 7 nitrogen and oxygen atoms in total. The van der Waals surface area contributed by atoms with Gasteiger partial charge in [-0.25, -0.2) is 4.98 Å². The van der Waals surface area contributed by atoms with Crippen molar-refractivity contribution in [3.8, 4) is 0 Å². The van der Waals surface area contributed by atoms with Crippen LogP contribution in [0.4, 0.5) is 24.9 Å². The fraction of sp³-hybridized carbons (Fsp3) is 0.526. The number of carbonyl (C=O) groups excluding carboxylic acids is 1.